The van der Waals surface area contributed by atoms with Gasteiger partial charge in [-0.2, -0.15) is 0 Å². The van der Waals surface area contributed by atoms with Crippen molar-refractivity contribution in [3.63, 3.8) is 0 Å². The van der Waals surface area contributed by atoms with Crippen LogP contribution in [0.1, 0.15) is 29.2 Å². The normalized spacial score (nSPS) is 12.8. The van der Waals surface area contributed by atoms with Gasteiger partial charge in [0.1, 0.15) is 0 Å². The molecule has 0 aliphatic carbocycles. The van der Waals surface area contributed by atoms with Gasteiger partial charge in [0, 0.05) is 26.1 Å². The standard InChI is InChI=1S/C12H15BrN2S/c1-8-4-5-9(2)15(8)14-10(3)12-6-11(13)7-16-12/h4-7,10,14H,1-3H3. The highest BCUT2D eigenvalue weighted by molar-refractivity contribution is 9.10. The van der Waals surface area contributed by atoms with E-state index in [9.17, 15) is 0 Å². The van der Waals surface area contributed by atoms with Gasteiger partial charge in [0.05, 0.1) is 6.04 Å². The summed E-state index contributed by atoms with van der Waals surface area (Å²) in [6.07, 6.45) is 0. The van der Waals surface area contributed by atoms with Crippen LogP contribution < -0.4 is 5.43 Å². The summed E-state index contributed by atoms with van der Waals surface area (Å²) >= 11 is 5.25. The van der Waals surface area contributed by atoms with Crippen molar-refractivity contribution >= 4 is 27.3 Å². The highest BCUT2D eigenvalue weighted by Gasteiger charge is 2.09. The van der Waals surface area contributed by atoms with E-state index in [2.05, 4.69) is 70.4 Å². The molecule has 2 aromatic rings. The van der Waals surface area contributed by atoms with Gasteiger partial charge in [0.25, 0.3) is 0 Å². The van der Waals surface area contributed by atoms with E-state index in [4.69, 9.17) is 0 Å². The van der Waals surface area contributed by atoms with E-state index in [-0.39, 0.29) is 0 Å². The Morgan fingerprint density at radius 2 is 1.94 bits per heavy atom. The van der Waals surface area contributed by atoms with E-state index >= 15 is 0 Å². The zero-order chi connectivity index (χ0) is 11.7. The molecule has 4 heteroatoms. The molecule has 2 aromatic heterocycles. The number of halogens is 1. The van der Waals surface area contributed by atoms with Crippen LogP contribution in [0.2, 0.25) is 0 Å². The largest absolute Gasteiger partial charge is 0.318 e. The molecule has 0 amide bonds. The third kappa shape index (κ3) is 2.33. The maximum absolute atomic E-state index is 3.49. The molecule has 2 rings (SSSR count). The minimum absolute atomic E-state index is 0.320. The van der Waals surface area contributed by atoms with Crippen LogP contribution >= 0.6 is 27.3 Å². The van der Waals surface area contributed by atoms with Crippen molar-refractivity contribution in [1.82, 2.24) is 4.68 Å². The number of rotatable bonds is 3. The molecular weight excluding hydrogens is 284 g/mol. The molecule has 1 atom stereocenters. The lowest BCUT2D eigenvalue weighted by molar-refractivity contribution is 0.707. The second-order valence-electron chi connectivity index (χ2n) is 3.97. The molecule has 0 saturated carbocycles. The Hall–Kier alpha value is -0.740. The molecule has 2 heterocycles. The van der Waals surface area contributed by atoms with E-state index in [0.29, 0.717) is 6.04 Å². The molecule has 86 valence electrons. The highest BCUT2D eigenvalue weighted by atomic mass is 79.9. The van der Waals surface area contributed by atoms with Crippen LogP contribution in [0.3, 0.4) is 0 Å². The molecular formula is C12H15BrN2S. The molecule has 0 aromatic carbocycles. The topological polar surface area (TPSA) is 17.0 Å². The van der Waals surface area contributed by atoms with E-state index in [0.717, 1.165) is 4.47 Å². The average molecular weight is 299 g/mol. The molecule has 1 N–H and O–H groups in total. The zero-order valence-electron chi connectivity index (χ0n) is 9.62. The first-order valence-electron chi connectivity index (χ1n) is 5.23. The van der Waals surface area contributed by atoms with Gasteiger partial charge >= 0.3 is 0 Å². The second-order valence-corrected chi connectivity index (χ2v) is 5.83. The third-order valence-electron chi connectivity index (χ3n) is 2.61. The Balaban J connectivity index is 2.16. The summed E-state index contributed by atoms with van der Waals surface area (Å²) in [4.78, 5) is 1.33. The number of nitrogens with one attached hydrogen (secondary N) is 1. The number of hydrogen-bond donors (Lipinski definition) is 1. The molecule has 0 radical (unpaired) electrons. The quantitative estimate of drug-likeness (QED) is 0.897. The van der Waals surface area contributed by atoms with Gasteiger partial charge in [-0.25, -0.2) is 0 Å². The van der Waals surface area contributed by atoms with E-state index < -0.39 is 0 Å². The predicted octanol–water partition coefficient (Wildman–Crippen LogP) is 4.23. The summed E-state index contributed by atoms with van der Waals surface area (Å²) in [5.41, 5.74) is 5.97. The van der Waals surface area contributed by atoms with Gasteiger partial charge in [-0.1, -0.05) is 0 Å². The Morgan fingerprint density at radius 1 is 1.31 bits per heavy atom. The smallest absolute Gasteiger partial charge is 0.0738 e. The number of hydrogen-bond acceptors (Lipinski definition) is 2. The van der Waals surface area contributed by atoms with Crippen molar-refractivity contribution in [2.45, 2.75) is 26.8 Å². The molecule has 0 saturated heterocycles. The Bertz CT molecular complexity index is 467. The minimum Gasteiger partial charge on any atom is -0.318 e. The molecule has 16 heavy (non-hydrogen) atoms. The van der Waals surface area contributed by atoms with Crippen molar-refractivity contribution in [2.24, 2.45) is 0 Å². The minimum atomic E-state index is 0.320. The maximum Gasteiger partial charge on any atom is 0.0738 e. The van der Waals surface area contributed by atoms with Gasteiger partial charge in [0.2, 0.25) is 0 Å². The van der Waals surface area contributed by atoms with Crippen LogP contribution in [0, 0.1) is 13.8 Å². The number of aryl methyl sites for hydroxylation is 2. The summed E-state index contributed by atoms with van der Waals surface area (Å²) in [6.45, 7) is 6.39. The van der Waals surface area contributed by atoms with Crippen molar-refractivity contribution < 1.29 is 0 Å². The zero-order valence-corrected chi connectivity index (χ0v) is 12.0. The van der Waals surface area contributed by atoms with Gasteiger partial charge in [-0.05, 0) is 54.9 Å². The monoisotopic (exact) mass is 298 g/mol. The van der Waals surface area contributed by atoms with Crippen molar-refractivity contribution in [3.8, 4) is 0 Å². The molecule has 0 aliphatic rings. The van der Waals surface area contributed by atoms with Crippen LogP contribution in [0.25, 0.3) is 0 Å². The van der Waals surface area contributed by atoms with Crippen molar-refractivity contribution in [2.75, 3.05) is 5.43 Å². The fraction of sp³-hybridized carbons (Fsp3) is 0.333. The lowest BCUT2D eigenvalue weighted by Gasteiger charge is -2.18. The van der Waals surface area contributed by atoms with Gasteiger partial charge in [-0.15, -0.1) is 11.3 Å². The van der Waals surface area contributed by atoms with Crippen LogP contribution in [0.5, 0.6) is 0 Å². The second kappa shape index (κ2) is 4.63. The maximum atomic E-state index is 3.49. The van der Waals surface area contributed by atoms with Gasteiger partial charge < -0.3 is 5.43 Å². The predicted molar refractivity (Wildman–Crippen MR) is 73.7 cm³/mol. The molecule has 1 unspecified atom stereocenters. The van der Waals surface area contributed by atoms with E-state index in [1.54, 1.807) is 11.3 Å². The fourth-order valence-corrected chi connectivity index (χ4v) is 3.13. The number of nitrogens with zero attached hydrogens (tertiary/aromatic N) is 1. The summed E-state index contributed by atoms with van der Waals surface area (Å²) in [5.74, 6) is 0. The number of thiophene rings is 1. The Kier molecular flexibility index (Phi) is 3.40. The highest BCUT2D eigenvalue weighted by Crippen LogP contribution is 2.26. The van der Waals surface area contributed by atoms with Crippen LogP contribution in [-0.2, 0) is 0 Å². The van der Waals surface area contributed by atoms with E-state index in [1.165, 1.54) is 16.3 Å². The number of aromatic nitrogens is 1. The molecule has 0 aliphatic heterocycles. The summed E-state index contributed by atoms with van der Waals surface area (Å²) in [6, 6.07) is 6.73. The molecule has 2 nitrogen and oxygen atoms in total. The average Bonchev–Trinajstić information content (AvgIpc) is 2.79. The molecule has 0 bridgehead atoms. The summed E-state index contributed by atoms with van der Waals surface area (Å²) in [5, 5.41) is 2.11. The summed E-state index contributed by atoms with van der Waals surface area (Å²) < 4.78 is 3.29. The van der Waals surface area contributed by atoms with Crippen LogP contribution in [0.4, 0.5) is 0 Å². The molecule has 0 fully saturated rings. The fourth-order valence-electron chi connectivity index (χ4n) is 1.68. The Morgan fingerprint density at radius 3 is 2.44 bits per heavy atom. The van der Waals surface area contributed by atoms with Crippen LogP contribution in [-0.4, -0.2) is 4.68 Å². The first-order valence-corrected chi connectivity index (χ1v) is 6.90. The van der Waals surface area contributed by atoms with E-state index in [1.807, 2.05) is 0 Å². The summed E-state index contributed by atoms with van der Waals surface area (Å²) in [7, 11) is 0. The van der Waals surface area contributed by atoms with Crippen molar-refractivity contribution in [1.29, 1.82) is 0 Å². The van der Waals surface area contributed by atoms with Gasteiger partial charge in [-0.3, -0.25) is 4.68 Å². The van der Waals surface area contributed by atoms with Crippen molar-refractivity contribution in [3.05, 3.63) is 44.3 Å². The molecule has 0 spiro atoms. The lowest BCUT2D eigenvalue weighted by Crippen LogP contribution is -2.20. The first kappa shape index (κ1) is 11.7. The lowest BCUT2D eigenvalue weighted by atomic mass is 10.3. The van der Waals surface area contributed by atoms with Crippen LogP contribution in [0.15, 0.2) is 28.1 Å². The Labute approximate surface area is 108 Å². The SMILES string of the molecule is Cc1ccc(C)n1NC(C)c1cc(Br)cs1. The third-order valence-corrected chi connectivity index (χ3v) is 4.48. The first-order chi connectivity index (χ1) is 7.58. The van der Waals surface area contributed by atoms with Gasteiger partial charge in [0.15, 0.2) is 0 Å².